The Balaban J connectivity index is 1.67. The molecule has 3 aromatic rings. The van der Waals surface area contributed by atoms with E-state index in [1.165, 1.54) is 28.6 Å². The second-order valence-corrected chi connectivity index (χ2v) is 9.70. The van der Waals surface area contributed by atoms with E-state index in [9.17, 15) is 18.0 Å². The predicted molar refractivity (Wildman–Crippen MR) is 127 cm³/mol. The number of nitrogens with zero attached hydrogens (tertiary/aromatic N) is 1. The third kappa shape index (κ3) is 4.92. The third-order valence-corrected chi connectivity index (χ3v) is 7.74. The second-order valence-electron chi connectivity index (χ2n) is 7.77. The predicted octanol–water partition coefficient (Wildman–Crippen LogP) is 3.15. The summed E-state index contributed by atoms with van der Waals surface area (Å²) in [5.74, 6) is -0.319. The average molecular weight is 456 g/mol. The molecule has 0 unspecified atom stereocenters. The molecule has 0 aliphatic heterocycles. The molecule has 0 atom stereocenters. The van der Waals surface area contributed by atoms with Crippen LogP contribution in [0.1, 0.15) is 40.9 Å². The van der Waals surface area contributed by atoms with Gasteiger partial charge in [-0.15, -0.1) is 0 Å². The summed E-state index contributed by atoms with van der Waals surface area (Å²) >= 11 is 0. The normalized spacial score (nSPS) is 11.8. The highest BCUT2D eigenvalue weighted by molar-refractivity contribution is 7.89. The largest absolute Gasteiger partial charge is 0.352 e. The van der Waals surface area contributed by atoms with E-state index in [0.717, 1.165) is 22.0 Å². The van der Waals surface area contributed by atoms with Crippen molar-refractivity contribution in [2.24, 2.45) is 0 Å². The highest BCUT2D eigenvalue weighted by atomic mass is 32.2. The molecule has 2 aromatic carbocycles. The lowest BCUT2D eigenvalue weighted by Crippen LogP contribution is -2.30. The van der Waals surface area contributed by atoms with Crippen LogP contribution in [0.5, 0.6) is 0 Å². The maximum atomic E-state index is 12.6. The highest BCUT2D eigenvalue weighted by Crippen LogP contribution is 2.18. The standard InChI is InChI=1S/C24H29N3O4S/c1-5-27(6-2)32(30,31)21-9-7-18(8-10-21)23(28)25-12-11-19-15-20-13-16(3)17(4)14-22(20)26-24(19)29/h7-10,13-15H,5-6,11-12H2,1-4H3,(H,25,28)(H,26,29). The molecule has 0 saturated carbocycles. The highest BCUT2D eigenvalue weighted by Gasteiger charge is 2.21. The van der Waals surface area contributed by atoms with Crippen molar-refractivity contribution in [3.05, 3.63) is 75.1 Å². The molecule has 0 saturated heterocycles. The zero-order valence-corrected chi connectivity index (χ0v) is 19.7. The molecule has 1 aromatic heterocycles. The number of carbonyl (C=O) groups excluding carboxylic acids is 1. The van der Waals surface area contributed by atoms with Crippen molar-refractivity contribution < 1.29 is 13.2 Å². The maximum absolute atomic E-state index is 12.6. The van der Waals surface area contributed by atoms with Crippen molar-refractivity contribution in [2.45, 2.75) is 39.0 Å². The number of carbonyl (C=O) groups is 1. The fourth-order valence-corrected chi connectivity index (χ4v) is 5.07. The monoisotopic (exact) mass is 455 g/mol. The average Bonchev–Trinajstić information content (AvgIpc) is 2.76. The molecule has 2 N–H and O–H groups in total. The number of nitrogens with one attached hydrogen (secondary N) is 2. The summed E-state index contributed by atoms with van der Waals surface area (Å²) in [5.41, 5.74) is 3.86. The van der Waals surface area contributed by atoms with Gasteiger partial charge in [0.25, 0.3) is 11.5 Å². The summed E-state index contributed by atoms with van der Waals surface area (Å²) in [5, 5.41) is 3.75. The lowest BCUT2D eigenvalue weighted by Gasteiger charge is -2.18. The molecule has 7 nitrogen and oxygen atoms in total. The van der Waals surface area contributed by atoms with Crippen molar-refractivity contribution in [1.82, 2.24) is 14.6 Å². The topological polar surface area (TPSA) is 99.3 Å². The number of amides is 1. The van der Waals surface area contributed by atoms with Gasteiger partial charge in [-0.25, -0.2) is 8.42 Å². The lowest BCUT2D eigenvalue weighted by molar-refractivity contribution is 0.0954. The van der Waals surface area contributed by atoms with Gasteiger partial charge in [-0.1, -0.05) is 13.8 Å². The summed E-state index contributed by atoms with van der Waals surface area (Å²) in [4.78, 5) is 27.9. The van der Waals surface area contributed by atoms with Crippen LogP contribution in [-0.2, 0) is 16.4 Å². The minimum absolute atomic E-state index is 0.158. The molecule has 32 heavy (non-hydrogen) atoms. The van der Waals surface area contributed by atoms with E-state index in [2.05, 4.69) is 10.3 Å². The van der Waals surface area contributed by atoms with Crippen LogP contribution in [0.2, 0.25) is 0 Å². The van der Waals surface area contributed by atoms with E-state index in [0.29, 0.717) is 30.6 Å². The van der Waals surface area contributed by atoms with Crippen molar-refractivity contribution in [1.29, 1.82) is 0 Å². The summed E-state index contributed by atoms with van der Waals surface area (Å²) in [6, 6.07) is 11.7. The van der Waals surface area contributed by atoms with Crippen LogP contribution in [0, 0.1) is 13.8 Å². The number of pyridine rings is 1. The summed E-state index contributed by atoms with van der Waals surface area (Å²) in [7, 11) is -3.56. The van der Waals surface area contributed by atoms with Crippen LogP contribution in [0.15, 0.2) is 52.2 Å². The van der Waals surface area contributed by atoms with Gasteiger partial charge in [0.2, 0.25) is 10.0 Å². The molecular formula is C24H29N3O4S. The van der Waals surface area contributed by atoms with Crippen LogP contribution in [0.4, 0.5) is 0 Å². The molecule has 1 heterocycles. The maximum Gasteiger partial charge on any atom is 0.251 e. The number of fused-ring (bicyclic) bond motifs is 1. The number of hydrogen-bond donors (Lipinski definition) is 2. The van der Waals surface area contributed by atoms with Crippen molar-refractivity contribution in [3.63, 3.8) is 0 Å². The Bertz CT molecular complexity index is 1290. The molecule has 0 aliphatic rings. The number of benzene rings is 2. The van der Waals surface area contributed by atoms with Crippen LogP contribution >= 0.6 is 0 Å². The Morgan fingerprint density at radius 2 is 1.62 bits per heavy atom. The smallest absolute Gasteiger partial charge is 0.251 e. The number of aromatic amines is 1. The van der Waals surface area contributed by atoms with E-state index in [-0.39, 0.29) is 22.9 Å². The molecule has 8 heteroatoms. The zero-order chi connectivity index (χ0) is 23.5. The number of H-pyrrole nitrogens is 1. The molecular weight excluding hydrogens is 426 g/mol. The fourth-order valence-electron chi connectivity index (χ4n) is 3.61. The minimum atomic E-state index is -3.56. The van der Waals surface area contributed by atoms with Gasteiger partial charge in [0.15, 0.2) is 0 Å². The van der Waals surface area contributed by atoms with Gasteiger partial charge in [0, 0.05) is 36.3 Å². The molecule has 0 aliphatic carbocycles. The van der Waals surface area contributed by atoms with Gasteiger partial charge in [-0.05, 0) is 79.2 Å². The van der Waals surface area contributed by atoms with E-state index < -0.39 is 10.0 Å². The van der Waals surface area contributed by atoms with Crippen molar-refractivity contribution in [3.8, 4) is 0 Å². The second kappa shape index (κ2) is 9.67. The molecule has 3 rings (SSSR count). The van der Waals surface area contributed by atoms with Gasteiger partial charge in [-0.2, -0.15) is 4.31 Å². The first kappa shape index (κ1) is 23.7. The number of rotatable bonds is 8. The first-order valence-electron chi connectivity index (χ1n) is 10.7. The quantitative estimate of drug-likeness (QED) is 0.545. The lowest BCUT2D eigenvalue weighted by atomic mass is 10.0. The minimum Gasteiger partial charge on any atom is -0.352 e. The number of sulfonamides is 1. The first-order chi connectivity index (χ1) is 15.2. The fraction of sp³-hybridized carbons (Fsp3) is 0.333. The Labute approximate surface area is 188 Å². The van der Waals surface area contributed by atoms with Gasteiger partial charge in [0.05, 0.1) is 4.90 Å². The molecule has 0 spiro atoms. The Kier molecular flexibility index (Phi) is 7.16. The van der Waals surface area contributed by atoms with E-state index in [1.54, 1.807) is 13.8 Å². The summed E-state index contributed by atoms with van der Waals surface area (Å²) in [6.45, 7) is 8.65. The Morgan fingerprint density at radius 1 is 1.00 bits per heavy atom. The van der Waals surface area contributed by atoms with Gasteiger partial charge >= 0.3 is 0 Å². The molecule has 0 fully saturated rings. The zero-order valence-electron chi connectivity index (χ0n) is 18.9. The summed E-state index contributed by atoms with van der Waals surface area (Å²) < 4.78 is 26.5. The van der Waals surface area contributed by atoms with Crippen LogP contribution < -0.4 is 10.9 Å². The third-order valence-electron chi connectivity index (χ3n) is 5.68. The first-order valence-corrected chi connectivity index (χ1v) is 12.1. The van der Waals surface area contributed by atoms with Gasteiger partial charge in [-0.3, -0.25) is 9.59 Å². The number of aromatic nitrogens is 1. The van der Waals surface area contributed by atoms with Crippen molar-refractivity contribution in [2.75, 3.05) is 19.6 Å². The van der Waals surface area contributed by atoms with E-state index in [1.807, 2.05) is 32.0 Å². The van der Waals surface area contributed by atoms with Crippen LogP contribution in [0.3, 0.4) is 0 Å². The molecule has 170 valence electrons. The SMILES string of the molecule is CCN(CC)S(=O)(=O)c1ccc(C(=O)NCCc2cc3cc(C)c(C)cc3[nH]c2=O)cc1. The van der Waals surface area contributed by atoms with Gasteiger partial charge < -0.3 is 10.3 Å². The van der Waals surface area contributed by atoms with Crippen LogP contribution in [-0.4, -0.2) is 43.2 Å². The van der Waals surface area contributed by atoms with Crippen molar-refractivity contribution >= 4 is 26.8 Å². The molecule has 0 bridgehead atoms. The summed E-state index contributed by atoms with van der Waals surface area (Å²) in [6.07, 6.45) is 0.387. The Hall–Kier alpha value is -2.97. The number of hydrogen-bond acceptors (Lipinski definition) is 4. The van der Waals surface area contributed by atoms with Crippen LogP contribution in [0.25, 0.3) is 10.9 Å². The molecule has 1 amide bonds. The number of aryl methyl sites for hydroxylation is 2. The Morgan fingerprint density at radius 3 is 2.25 bits per heavy atom. The van der Waals surface area contributed by atoms with Gasteiger partial charge in [0.1, 0.15) is 0 Å². The molecule has 0 radical (unpaired) electrons. The van der Waals surface area contributed by atoms with E-state index >= 15 is 0 Å². The van der Waals surface area contributed by atoms with E-state index in [4.69, 9.17) is 0 Å².